The Balaban J connectivity index is 1.75. The molecule has 158 valence electrons. The van der Waals surface area contributed by atoms with Crippen molar-refractivity contribution in [1.82, 2.24) is 0 Å². The van der Waals surface area contributed by atoms with Crippen molar-refractivity contribution < 1.29 is 31.2 Å². The maximum atomic E-state index is 13.0. The lowest BCUT2D eigenvalue weighted by Gasteiger charge is -2.18. The Morgan fingerprint density at radius 2 is 1.35 bits per heavy atom. The summed E-state index contributed by atoms with van der Waals surface area (Å²) in [6.07, 6.45) is -4.70. The third-order valence-corrected chi connectivity index (χ3v) is 6.44. The van der Waals surface area contributed by atoms with Gasteiger partial charge in [0, 0.05) is 22.3 Å². The third-order valence-electron chi connectivity index (χ3n) is 4.74. The molecule has 0 unspecified atom stereocenters. The summed E-state index contributed by atoms with van der Waals surface area (Å²) in [7, 11) is -4.42. The molecule has 10 heteroatoms. The quantitative estimate of drug-likeness (QED) is 0.465. The Morgan fingerprint density at radius 3 is 1.97 bits per heavy atom. The van der Waals surface area contributed by atoms with Crippen molar-refractivity contribution in [3.8, 4) is 0 Å². The summed E-state index contributed by atoms with van der Waals surface area (Å²) >= 11 is 5.86. The number of benzene rings is 3. The summed E-state index contributed by atoms with van der Waals surface area (Å²) in [6, 6.07) is 11.7. The molecule has 4 rings (SSSR count). The summed E-state index contributed by atoms with van der Waals surface area (Å²) < 4.78 is 66.5. The Kier molecular flexibility index (Phi) is 4.90. The molecular formula is C21H11ClF3NO4S. The standard InChI is InChI=1S/C21H11ClF3NO4S/c22-17-8-5-11(21(23,24)25)9-18(17)26-31(29,30)12-6-7-15-16(10-12)20(28)14-4-2-1-3-13(14)19(15)27/h1-10,26H. The first-order valence-electron chi connectivity index (χ1n) is 8.71. The van der Waals surface area contributed by atoms with E-state index < -0.39 is 43.9 Å². The lowest BCUT2D eigenvalue weighted by Crippen LogP contribution is -2.22. The number of hydrogen-bond donors (Lipinski definition) is 1. The van der Waals surface area contributed by atoms with E-state index >= 15 is 0 Å². The van der Waals surface area contributed by atoms with Crippen LogP contribution < -0.4 is 4.72 Å². The summed E-state index contributed by atoms with van der Waals surface area (Å²) in [4.78, 5) is 25.0. The minimum Gasteiger partial charge on any atom is -0.289 e. The topological polar surface area (TPSA) is 80.3 Å². The van der Waals surface area contributed by atoms with Crippen LogP contribution >= 0.6 is 11.6 Å². The van der Waals surface area contributed by atoms with Crippen LogP contribution in [-0.4, -0.2) is 20.0 Å². The van der Waals surface area contributed by atoms with Gasteiger partial charge < -0.3 is 0 Å². The number of anilines is 1. The van der Waals surface area contributed by atoms with E-state index in [1.165, 1.54) is 18.2 Å². The highest BCUT2D eigenvalue weighted by Gasteiger charge is 2.33. The molecule has 0 atom stereocenters. The van der Waals surface area contributed by atoms with Crippen LogP contribution in [0.5, 0.6) is 0 Å². The van der Waals surface area contributed by atoms with Crippen LogP contribution in [0.2, 0.25) is 5.02 Å². The van der Waals surface area contributed by atoms with E-state index in [9.17, 15) is 31.2 Å². The van der Waals surface area contributed by atoms with Gasteiger partial charge in [0.25, 0.3) is 10.0 Å². The third kappa shape index (κ3) is 3.70. The number of hydrogen-bond acceptors (Lipinski definition) is 4. The van der Waals surface area contributed by atoms with Crippen molar-refractivity contribution in [1.29, 1.82) is 0 Å². The smallest absolute Gasteiger partial charge is 0.289 e. The molecule has 0 aliphatic heterocycles. The Labute approximate surface area is 179 Å². The number of halogens is 4. The molecule has 3 aromatic rings. The van der Waals surface area contributed by atoms with Gasteiger partial charge in [-0.15, -0.1) is 0 Å². The maximum absolute atomic E-state index is 13.0. The molecule has 0 amide bonds. The first-order chi connectivity index (χ1) is 14.5. The molecule has 0 aromatic heterocycles. The van der Waals surface area contributed by atoms with E-state index in [2.05, 4.69) is 0 Å². The molecule has 1 aliphatic rings. The zero-order valence-electron chi connectivity index (χ0n) is 15.3. The second-order valence-corrected chi connectivity index (χ2v) is 8.80. The van der Waals surface area contributed by atoms with E-state index in [0.29, 0.717) is 6.07 Å². The Hall–Kier alpha value is -3.17. The summed E-state index contributed by atoms with van der Waals surface area (Å²) in [6.45, 7) is 0. The molecule has 31 heavy (non-hydrogen) atoms. The fourth-order valence-electron chi connectivity index (χ4n) is 3.23. The van der Waals surface area contributed by atoms with Gasteiger partial charge in [0.15, 0.2) is 11.6 Å². The van der Waals surface area contributed by atoms with Gasteiger partial charge >= 0.3 is 6.18 Å². The van der Waals surface area contributed by atoms with Gasteiger partial charge in [0.05, 0.1) is 21.2 Å². The normalized spacial score (nSPS) is 13.5. The van der Waals surface area contributed by atoms with Crippen LogP contribution in [0.3, 0.4) is 0 Å². The predicted molar refractivity (Wildman–Crippen MR) is 107 cm³/mol. The van der Waals surface area contributed by atoms with E-state index in [-0.39, 0.29) is 27.3 Å². The van der Waals surface area contributed by atoms with Crippen LogP contribution in [0.1, 0.15) is 37.4 Å². The largest absolute Gasteiger partial charge is 0.416 e. The molecule has 0 fully saturated rings. The van der Waals surface area contributed by atoms with Crippen LogP contribution in [-0.2, 0) is 16.2 Å². The average Bonchev–Trinajstić information content (AvgIpc) is 2.72. The molecular weight excluding hydrogens is 455 g/mol. The van der Waals surface area contributed by atoms with Gasteiger partial charge in [-0.05, 0) is 36.4 Å². The van der Waals surface area contributed by atoms with Crippen molar-refractivity contribution in [2.45, 2.75) is 11.1 Å². The zero-order chi connectivity index (χ0) is 22.6. The summed E-state index contributed by atoms with van der Waals surface area (Å²) in [5.74, 6) is -0.956. The van der Waals surface area contributed by atoms with Crippen LogP contribution in [0.15, 0.2) is 65.6 Å². The van der Waals surface area contributed by atoms with Crippen LogP contribution in [0, 0.1) is 0 Å². The van der Waals surface area contributed by atoms with Gasteiger partial charge in [-0.3, -0.25) is 14.3 Å². The second-order valence-electron chi connectivity index (χ2n) is 6.71. The van der Waals surface area contributed by atoms with Gasteiger partial charge in [-0.2, -0.15) is 13.2 Å². The molecule has 3 aromatic carbocycles. The van der Waals surface area contributed by atoms with E-state index in [0.717, 1.165) is 24.3 Å². The minimum absolute atomic E-state index is 0.0414. The number of carbonyl (C=O) groups is 2. The van der Waals surface area contributed by atoms with E-state index in [4.69, 9.17) is 11.6 Å². The number of ketones is 2. The first kappa shape index (κ1) is 21.1. The second kappa shape index (κ2) is 7.21. The fraction of sp³-hybridized carbons (Fsp3) is 0.0476. The molecule has 0 saturated carbocycles. The Morgan fingerprint density at radius 1 is 0.774 bits per heavy atom. The fourth-order valence-corrected chi connectivity index (χ4v) is 4.55. The molecule has 5 nitrogen and oxygen atoms in total. The van der Waals surface area contributed by atoms with Crippen molar-refractivity contribution in [2.75, 3.05) is 4.72 Å². The number of alkyl halides is 3. The number of rotatable bonds is 3. The highest BCUT2D eigenvalue weighted by Crippen LogP contribution is 2.35. The van der Waals surface area contributed by atoms with E-state index in [1.54, 1.807) is 12.1 Å². The maximum Gasteiger partial charge on any atom is 0.416 e. The highest BCUT2D eigenvalue weighted by atomic mass is 35.5. The lowest BCUT2D eigenvalue weighted by atomic mass is 9.84. The molecule has 1 aliphatic carbocycles. The SMILES string of the molecule is O=C1c2ccccc2C(=O)c2cc(S(=O)(=O)Nc3cc(C(F)(F)F)ccc3Cl)ccc21. The monoisotopic (exact) mass is 465 g/mol. The Bertz CT molecular complexity index is 1370. The van der Waals surface area contributed by atoms with E-state index in [1.807, 2.05) is 4.72 Å². The molecule has 0 spiro atoms. The number of carbonyl (C=O) groups excluding carboxylic acids is 2. The average molecular weight is 466 g/mol. The molecule has 0 bridgehead atoms. The van der Waals surface area contributed by atoms with Gasteiger partial charge in [-0.1, -0.05) is 35.9 Å². The van der Waals surface area contributed by atoms with Crippen LogP contribution in [0.25, 0.3) is 0 Å². The van der Waals surface area contributed by atoms with Gasteiger partial charge in [0.2, 0.25) is 0 Å². The number of nitrogens with one attached hydrogen (secondary N) is 1. The zero-order valence-corrected chi connectivity index (χ0v) is 16.9. The van der Waals surface area contributed by atoms with Gasteiger partial charge in [-0.25, -0.2) is 8.42 Å². The number of sulfonamides is 1. The number of fused-ring (bicyclic) bond motifs is 2. The lowest BCUT2D eigenvalue weighted by molar-refractivity contribution is -0.137. The molecule has 0 radical (unpaired) electrons. The minimum atomic E-state index is -4.70. The van der Waals surface area contributed by atoms with Crippen LogP contribution in [0.4, 0.5) is 18.9 Å². The first-order valence-corrected chi connectivity index (χ1v) is 10.6. The van der Waals surface area contributed by atoms with Crippen molar-refractivity contribution >= 4 is 38.9 Å². The molecule has 1 N–H and O–H groups in total. The summed E-state index contributed by atoms with van der Waals surface area (Å²) in [5, 5.41) is -0.241. The predicted octanol–water partition coefficient (Wildman–Crippen LogP) is 4.94. The highest BCUT2D eigenvalue weighted by molar-refractivity contribution is 7.92. The molecule has 0 saturated heterocycles. The van der Waals surface area contributed by atoms with Crippen molar-refractivity contribution in [2.24, 2.45) is 0 Å². The summed E-state index contributed by atoms with van der Waals surface area (Å²) in [5.41, 5.74) is -1.27. The van der Waals surface area contributed by atoms with Gasteiger partial charge in [0.1, 0.15) is 0 Å². The van der Waals surface area contributed by atoms with Crippen molar-refractivity contribution in [3.05, 3.63) is 93.5 Å². The van der Waals surface area contributed by atoms with Crippen molar-refractivity contribution in [3.63, 3.8) is 0 Å². The molecule has 0 heterocycles.